The zero-order valence-corrected chi connectivity index (χ0v) is 9.06. The van der Waals surface area contributed by atoms with Crippen LogP contribution in [0.25, 0.3) is 0 Å². The molecule has 0 saturated carbocycles. The minimum Gasteiger partial charge on any atom is -0.327 e. The summed E-state index contributed by atoms with van der Waals surface area (Å²) in [6.07, 6.45) is 1.43. The normalized spacial score (nSPS) is 15.1. The Morgan fingerprint density at radius 1 is 1.62 bits per heavy atom. The summed E-state index contributed by atoms with van der Waals surface area (Å²) >= 11 is 1.71. The molecule has 0 fully saturated rings. The summed E-state index contributed by atoms with van der Waals surface area (Å²) in [6.45, 7) is 4.06. The average Bonchev–Trinajstić information content (AvgIpc) is 2.13. The molecule has 0 aromatic rings. The molecule has 1 amide bonds. The number of thioether (sulfide) groups is 1. The fraction of sp³-hybridized carbons (Fsp3) is 0.875. The van der Waals surface area contributed by atoms with Gasteiger partial charge < -0.3 is 5.73 Å². The van der Waals surface area contributed by atoms with Crippen molar-refractivity contribution in [1.29, 1.82) is 0 Å². The lowest BCUT2D eigenvalue weighted by Gasteiger charge is -2.13. The second kappa shape index (κ2) is 7.17. The molecule has 0 aromatic heterocycles. The van der Waals surface area contributed by atoms with Crippen molar-refractivity contribution in [3.63, 3.8) is 0 Å². The predicted molar refractivity (Wildman–Crippen MR) is 57.1 cm³/mol. The molecule has 0 spiro atoms. The van der Waals surface area contributed by atoms with Crippen molar-refractivity contribution in [1.82, 2.24) is 5.43 Å². The van der Waals surface area contributed by atoms with Crippen molar-refractivity contribution in [2.24, 2.45) is 11.6 Å². The van der Waals surface area contributed by atoms with Gasteiger partial charge >= 0.3 is 0 Å². The molecule has 0 bridgehead atoms. The largest absolute Gasteiger partial charge is 0.327 e. The van der Waals surface area contributed by atoms with Crippen molar-refractivity contribution in [3.05, 3.63) is 0 Å². The minimum atomic E-state index is -0.120. The summed E-state index contributed by atoms with van der Waals surface area (Å²) in [5.74, 6) is 5.75. The van der Waals surface area contributed by atoms with Crippen LogP contribution in [0.2, 0.25) is 0 Å². The SMILES string of the molecule is CCC(N)CSC(C)CC(=O)NN. The van der Waals surface area contributed by atoms with E-state index in [1.54, 1.807) is 11.8 Å². The third kappa shape index (κ3) is 6.86. The molecule has 5 heteroatoms. The lowest BCUT2D eigenvalue weighted by molar-refractivity contribution is -0.121. The number of carbonyl (C=O) groups excluding carboxylic acids is 1. The molecule has 0 aliphatic rings. The number of hydrazine groups is 1. The topological polar surface area (TPSA) is 81.1 Å². The first-order valence-electron chi connectivity index (χ1n) is 4.46. The first-order valence-corrected chi connectivity index (χ1v) is 5.51. The van der Waals surface area contributed by atoms with Gasteiger partial charge in [-0.2, -0.15) is 11.8 Å². The highest BCUT2D eigenvalue weighted by atomic mass is 32.2. The van der Waals surface area contributed by atoms with Gasteiger partial charge in [0.2, 0.25) is 5.91 Å². The molecular weight excluding hydrogens is 186 g/mol. The Bertz CT molecular complexity index is 154. The molecular formula is C8H19N3OS. The first kappa shape index (κ1) is 12.7. The number of hydrogen-bond acceptors (Lipinski definition) is 4. The highest BCUT2D eigenvalue weighted by molar-refractivity contribution is 7.99. The van der Waals surface area contributed by atoms with E-state index >= 15 is 0 Å². The van der Waals surface area contributed by atoms with Gasteiger partial charge in [0, 0.05) is 23.5 Å². The molecule has 0 aromatic carbocycles. The number of nitrogens with one attached hydrogen (secondary N) is 1. The Balaban J connectivity index is 3.50. The summed E-state index contributed by atoms with van der Waals surface area (Å²) in [4.78, 5) is 10.9. The van der Waals surface area contributed by atoms with Crippen molar-refractivity contribution in [2.45, 2.75) is 38.0 Å². The summed E-state index contributed by atoms with van der Waals surface area (Å²) in [5.41, 5.74) is 7.85. The van der Waals surface area contributed by atoms with Crippen LogP contribution in [0, 0.1) is 0 Å². The molecule has 0 heterocycles. The molecule has 5 N–H and O–H groups in total. The van der Waals surface area contributed by atoms with E-state index in [1.165, 1.54) is 0 Å². The van der Waals surface area contributed by atoms with Crippen LogP contribution in [-0.2, 0) is 4.79 Å². The van der Waals surface area contributed by atoms with Gasteiger partial charge in [-0.15, -0.1) is 0 Å². The smallest absolute Gasteiger partial charge is 0.234 e. The number of hydrogen-bond donors (Lipinski definition) is 3. The Kier molecular flexibility index (Phi) is 7.03. The Labute approximate surface area is 83.8 Å². The maximum Gasteiger partial charge on any atom is 0.234 e. The van der Waals surface area contributed by atoms with E-state index in [0.29, 0.717) is 6.42 Å². The van der Waals surface area contributed by atoms with Crippen LogP contribution >= 0.6 is 11.8 Å². The van der Waals surface area contributed by atoms with Gasteiger partial charge in [0.1, 0.15) is 0 Å². The van der Waals surface area contributed by atoms with Crippen molar-refractivity contribution in [2.75, 3.05) is 5.75 Å². The fourth-order valence-electron chi connectivity index (χ4n) is 0.785. The Morgan fingerprint density at radius 2 is 2.23 bits per heavy atom. The fourth-order valence-corrected chi connectivity index (χ4v) is 1.87. The molecule has 78 valence electrons. The number of amides is 1. The average molecular weight is 205 g/mol. The van der Waals surface area contributed by atoms with Gasteiger partial charge in [-0.3, -0.25) is 10.2 Å². The maximum absolute atomic E-state index is 10.9. The monoisotopic (exact) mass is 205 g/mol. The summed E-state index contributed by atoms with van der Waals surface area (Å²) in [6, 6.07) is 0.230. The van der Waals surface area contributed by atoms with E-state index in [-0.39, 0.29) is 17.2 Å². The minimum absolute atomic E-state index is 0.120. The second-order valence-electron chi connectivity index (χ2n) is 3.08. The van der Waals surface area contributed by atoms with Crippen molar-refractivity contribution < 1.29 is 4.79 Å². The molecule has 0 rings (SSSR count). The van der Waals surface area contributed by atoms with Crippen molar-refractivity contribution >= 4 is 17.7 Å². The van der Waals surface area contributed by atoms with Crippen LogP contribution in [-0.4, -0.2) is 23.0 Å². The molecule has 13 heavy (non-hydrogen) atoms. The third-order valence-electron chi connectivity index (χ3n) is 1.75. The molecule has 0 radical (unpaired) electrons. The standard InChI is InChI=1S/C8H19N3OS/c1-3-7(9)5-13-6(2)4-8(12)11-10/h6-7H,3-5,9-10H2,1-2H3,(H,11,12). The molecule has 0 aliphatic heterocycles. The zero-order valence-electron chi connectivity index (χ0n) is 8.25. The quantitative estimate of drug-likeness (QED) is 0.329. The van der Waals surface area contributed by atoms with Gasteiger partial charge in [0.05, 0.1) is 0 Å². The number of rotatable bonds is 6. The molecule has 2 unspecified atom stereocenters. The van der Waals surface area contributed by atoms with Gasteiger partial charge in [0.15, 0.2) is 0 Å². The lowest BCUT2D eigenvalue weighted by Crippen LogP contribution is -2.32. The van der Waals surface area contributed by atoms with E-state index in [4.69, 9.17) is 11.6 Å². The van der Waals surface area contributed by atoms with Crippen LogP contribution in [0.15, 0.2) is 0 Å². The predicted octanol–water partition coefficient (Wildman–Crippen LogP) is 0.225. The van der Waals surface area contributed by atoms with Gasteiger partial charge in [0.25, 0.3) is 0 Å². The zero-order chi connectivity index (χ0) is 10.3. The Hall–Kier alpha value is -0.260. The van der Waals surface area contributed by atoms with Gasteiger partial charge in [-0.1, -0.05) is 13.8 Å². The van der Waals surface area contributed by atoms with Crippen LogP contribution in [0.1, 0.15) is 26.7 Å². The third-order valence-corrected chi connectivity index (χ3v) is 3.11. The highest BCUT2D eigenvalue weighted by Gasteiger charge is 2.09. The van der Waals surface area contributed by atoms with Crippen LogP contribution in [0.3, 0.4) is 0 Å². The van der Waals surface area contributed by atoms with Crippen LogP contribution in [0.4, 0.5) is 0 Å². The molecule has 0 aliphatic carbocycles. The van der Waals surface area contributed by atoms with E-state index in [0.717, 1.165) is 12.2 Å². The van der Waals surface area contributed by atoms with Crippen LogP contribution in [0.5, 0.6) is 0 Å². The first-order chi connectivity index (χ1) is 6.10. The van der Waals surface area contributed by atoms with Gasteiger partial charge in [-0.25, -0.2) is 5.84 Å². The van der Waals surface area contributed by atoms with E-state index in [2.05, 4.69) is 12.3 Å². The summed E-state index contributed by atoms with van der Waals surface area (Å²) < 4.78 is 0. The summed E-state index contributed by atoms with van der Waals surface area (Å²) in [7, 11) is 0. The molecule has 4 nitrogen and oxygen atoms in total. The van der Waals surface area contributed by atoms with Crippen LogP contribution < -0.4 is 17.0 Å². The second-order valence-corrected chi connectivity index (χ2v) is 4.56. The molecule has 0 saturated heterocycles. The van der Waals surface area contributed by atoms with Gasteiger partial charge in [-0.05, 0) is 6.42 Å². The highest BCUT2D eigenvalue weighted by Crippen LogP contribution is 2.15. The lowest BCUT2D eigenvalue weighted by atomic mass is 10.3. The number of carbonyl (C=O) groups is 1. The maximum atomic E-state index is 10.9. The summed E-state index contributed by atoms with van der Waals surface area (Å²) in [5, 5.41) is 0.279. The number of nitrogens with two attached hydrogens (primary N) is 2. The molecule has 2 atom stereocenters. The Morgan fingerprint density at radius 3 is 2.69 bits per heavy atom. The van der Waals surface area contributed by atoms with Crippen molar-refractivity contribution in [3.8, 4) is 0 Å². The van der Waals surface area contributed by atoms with E-state index in [9.17, 15) is 4.79 Å². The van der Waals surface area contributed by atoms with E-state index < -0.39 is 0 Å². The van der Waals surface area contributed by atoms with E-state index in [1.807, 2.05) is 6.92 Å².